The average Bonchev–Trinajstić information content (AvgIpc) is 3.06. The molecule has 1 aromatic heterocycles. The zero-order valence-corrected chi connectivity index (χ0v) is 27.3. The van der Waals surface area contributed by atoms with Crippen molar-refractivity contribution in [1.29, 1.82) is 0 Å². The van der Waals surface area contributed by atoms with Crippen molar-refractivity contribution in [1.82, 2.24) is 24.7 Å². The van der Waals surface area contributed by atoms with Crippen LogP contribution in [0, 0.1) is 0 Å². The summed E-state index contributed by atoms with van der Waals surface area (Å²) in [5.74, 6) is 1.45. The van der Waals surface area contributed by atoms with E-state index in [0.29, 0.717) is 68.6 Å². The fourth-order valence-electron chi connectivity index (χ4n) is 5.25. The van der Waals surface area contributed by atoms with E-state index < -0.39 is 0 Å². The van der Waals surface area contributed by atoms with E-state index in [-0.39, 0.29) is 28.9 Å². The minimum Gasteiger partial charge on any atom is -0.494 e. The number of benzene rings is 2. The lowest BCUT2D eigenvalue weighted by Gasteiger charge is -2.34. The van der Waals surface area contributed by atoms with E-state index in [0.717, 1.165) is 31.9 Å². The smallest absolute Gasteiger partial charge is 0.409 e. The quantitative estimate of drug-likeness (QED) is 0.304. The number of hydrogen-bond donors (Lipinski definition) is 2. The summed E-state index contributed by atoms with van der Waals surface area (Å²) in [7, 11) is 3.76. The van der Waals surface area contributed by atoms with Crippen LogP contribution in [0.3, 0.4) is 0 Å². The van der Waals surface area contributed by atoms with Crippen LogP contribution in [0.25, 0.3) is 0 Å². The highest BCUT2D eigenvalue weighted by Crippen LogP contribution is 2.34. The Balaban J connectivity index is 1.15. The van der Waals surface area contributed by atoms with Gasteiger partial charge in [0.1, 0.15) is 16.5 Å². The van der Waals surface area contributed by atoms with Gasteiger partial charge in [0.15, 0.2) is 0 Å². The van der Waals surface area contributed by atoms with Crippen LogP contribution in [0.4, 0.5) is 27.8 Å². The maximum absolute atomic E-state index is 12.7. The summed E-state index contributed by atoms with van der Waals surface area (Å²) < 4.78 is 16.7. The molecule has 2 amide bonds. The Morgan fingerprint density at radius 1 is 1.00 bits per heavy atom. The number of rotatable bonds is 11. The molecule has 0 unspecified atom stereocenters. The van der Waals surface area contributed by atoms with Crippen molar-refractivity contribution in [3.05, 3.63) is 53.7 Å². The summed E-state index contributed by atoms with van der Waals surface area (Å²) in [5.41, 5.74) is 2.39. The van der Waals surface area contributed by atoms with Crippen molar-refractivity contribution >= 4 is 46.6 Å². The first-order chi connectivity index (χ1) is 22.3. The number of hydrogen-bond acceptors (Lipinski definition) is 11. The molecule has 2 N–H and O–H groups in total. The van der Waals surface area contributed by atoms with Crippen molar-refractivity contribution in [3.8, 4) is 17.4 Å². The predicted molar refractivity (Wildman–Crippen MR) is 178 cm³/mol. The van der Waals surface area contributed by atoms with Gasteiger partial charge >= 0.3 is 6.09 Å². The van der Waals surface area contributed by atoms with Crippen molar-refractivity contribution in [2.45, 2.75) is 13.3 Å². The molecule has 0 saturated carbocycles. The first kappa shape index (κ1) is 33.0. The number of aromatic nitrogens is 2. The van der Waals surface area contributed by atoms with Crippen LogP contribution in [0.2, 0.25) is 5.02 Å². The third kappa shape index (κ3) is 8.89. The maximum atomic E-state index is 12.7. The lowest BCUT2D eigenvalue weighted by Crippen LogP contribution is -2.49. The van der Waals surface area contributed by atoms with Crippen LogP contribution in [-0.2, 0) is 9.53 Å². The summed E-state index contributed by atoms with van der Waals surface area (Å²) in [5, 5.41) is 6.37. The largest absolute Gasteiger partial charge is 0.494 e. The minimum absolute atomic E-state index is 0.121. The first-order valence-electron chi connectivity index (χ1n) is 15.4. The molecule has 0 aliphatic carbocycles. The molecule has 2 fully saturated rings. The molecular formula is C32H41ClN8O5. The highest BCUT2D eigenvalue weighted by atomic mass is 35.5. The number of carbonyl (C=O) groups is 2. The molecule has 2 saturated heterocycles. The second-order valence-corrected chi connectivity index (χ2v) is 11.5. The number of likely N-dealkylation sites (N-methyl/N-ethyl adjacent to an activating group) is 1. The van der Waals surface area contributed by atoms with E-state index in [2.05, 4.69) is 48.4 Å². The highest BCUT2D eigenvalue weighted by molar-refractivity contribution is 6.31. The number of amides is 2. The van der Waals surface area contributed by atoms with Gasteiger partial charge in [-0.25, -0.2) is 9.78 Å². The van der Waals surface area contributed by atoms with E-state index in [4.69, 9.17) is 25.8 Å². The molecule has 246 valence electrons. The lowest BCUT2D eigenvalue weighted by molar-refractivity contribution is -0.116. The topological polar surface area (TPSA) is 125 Å². The third-order valence-electron chi connectivity index (χ3n) is 7.90. The SMILES string of the molecule is CCOC(=O)N1CCN(CCC(=O)Nc2cccc(Oc3nc(Nc4ccc(N5CCN(C)CC5)cc4OC)ncc3Cl)c2)CC1. The van der Waals surface area contributed by atoms with Gasteiger partial charge in [-0.1, -0.05) is 17.7 Å². The lowest BCUT2D eigenvalue weighted by atomic mass is 10.2. The van der Waals surface area contributed by atoms with E-state index in [1.807, 2.05) is 12.1 Å². The molecule has 3 heterocycles. The molecule has 46 heavy (non-hydrogen) atoms. The zero-order valence-electron chi connectivity index (χ0n) is 26.5. The number of nitrogens with one attached hydrogen (secondary N) is 2. The normalized spacial score (nSPS) is 15.7. The fourth-order valence-corrected chi connectivity index (χ4v) is 5.38. The summed E-state index contributed by atoms with van der Waals surface area (Å²) in [6.45, 7) is 9.23. The van der Waals surface area contributed by atoms with E-state index in [9.17, 15) is 9.59 Å². The van der Waals surface area contributed by atoms with Gasteiger partial charge in [-0.15, -0.1) is 0 Å². The molecule has 2 aliphatic heterocycles. The van der Waals surface area contributed by atoms with E-state index in [1.165, 1.54) is 6.20 Å². The molecule has 2 aliphatic rings. The Labute approximate surface area is 274 Å². The molecule has 5 rings (SSSR count). The second-order valence-electron chi connectivity index (χ2n) is 11.1. The van der Waals surface area contributed by atoms with Gasteiger partial charge in [0.2, 0.25) is 17.7 Å². The van der Waals surface area contributed by atoms with Crippen LogP contribution in [0.15, 0.2) is 48.7 Å². The zero-order chi connectivity index (χ0) is 32.5. The van der Waals surface area contributed by atoms with Crippen LogP contribution in [0.1, 0.15) is 13.3 Å². The van der Waals surface area contributed by atoms with Crippen molar-refractivity contribution in [2.24, 2.45) is 0 Å². The second kappa shape index (κ2) is 15.8. The first-order valence-corrected chi connectivity index (χ1v) is 15.8. The molecule has 0 atom stereocenters. The predicted octanol–water partition coefficient (Wildman–Crippen LogP) is 4.53. The summed E-state index contributed by atoms with van der Waals surface area (Å²) in [6, 6.07) is 13.0. The van der Waals surface area contributed by atoms with Gasteiger partial charge in [-0.05, 0) is 38.2 Å². The molecule has 2 aromatic carbocycles. The van der Waals surface area contributed by atoms with Gasteiger partial charge in [0, 0.05) is 88.8 Å². The van der Waals surface area contributed by atoms with Crippen LogP contribution >= 0.6 is 11.6 Å². The van der Waals surface area contributed by atoms with Gasteiger partial charge < -0.3 is 39.5 Å². The average molecular weight is 653 g/mol. The van der Waals surface area contributed by atoms with Gasteiger partial charge in [0.25, 0.3) is 0 Å². The molecular weight excluding hydrogens is 612 g/mol. The maximum Gasteiger partial charge on any atom is 0.409 e. The Morgan fingerprint density at radius 3 is 2.52 bits per heavy atom. The molecule has 0 bridgehead atoms. The van der Waals surface area contributed by atoms with E-state index in [1.54, 1.807) is 43.2 Å². The number of anilines is 4. The third-order valence-corrected chi connectivity index (χ3v) is 8.16. The molecule has 13 nitrogen and oxygen atoms in total. The Bertz CT molecular complexity index is 1500. The van der Waals surface area contributed by atoms with Crippen molar-refractivity contribution in [3.63, 3.8) is 0 Å². The molecule has 14 heteroatoms. The monoisotopic (exact) mass is 652 g/mol. The van der Waals surface area contributed by atoms with Crippen LogP contribution < -0.4 is 25.0 Å². The number of nitrogens with zero attached hydrogens (tertiary/aromatic N) is 6. The highest BCUT2D eigenvalue weighted by Gasteiger charge is 2.22. The van der Waals surface area contributed by atoms with Crippen LogP contribution in [-0.4, -0.2) is 116 Å². The summed E-state index contributed by atoms with van der Waals surface area (Å²) in [6.07, 6.45) is 1.50. The van der Waals surface area contributed by atoms with Crippen LogP contribution in [0.5, 0.6) is 17.4 Å². The van der Waals surface area contributed by atoms with Gasteiger partial charge in [-0.3, -0.25) is 9.69 Å². The number of piperazine rings is 2. The van der Waals surface area contributed by atoms with Gasteiger partial charge in [-0.2, -0.15) is 4.98 Å². The van der Waals surface area contributed by atoms with Crippen molar-refractivity contribution in [2.75, 3.05) is 95.2 Å². The van der Waals surface area contributed by atoms with Crippen molar-refractivity contribution < 1.29 is 23.8 Å². The number of carbonyl (C=O) groups excluding carboxylic acids is 2. The number of halogens is 1. The fraction of sp³-hybridized carbons (Fsp3) is 0.438. The Morgan fingerprint density at radius 2 is 1.78 bits per heavy atom. The standard InChI is InChI=1S/C32H41ClN8O5/c1-4-45-32(43)41-18-14-39(15-19-41)11-10-29(42)35-23-6-5-7-25(20-23)46-30-26(33)22-34-31(37-30)36-27-9-8-24(21-28(27)44-3)40-16-12-38(2)13-17-40/h5-9,20-22H,4,10-19H2,1-3H3,(H,35,42)(H,34,36,37). The number of ether oxygens (including phenoxy) is 3. The summed E-state index contributed by atoms with van der Waals surface area (Å²) in [4.78, 5) is 41.9. The molecule has 3 aromatic rings. The van der Waals surface area contributed by atoms with E-state index >= 15 is 0 Å². The Kier molecular flexibility index (Phi) is 11.3. The molecule has 0 spiro atoms. The molecule has 0 radical (unpaired) electrons. The minimum atomic E-state index is -0.288. The Hall–Kier alpha value is -4.33. The summed E-state index contributed by atoms with van der Waals surface area (Å²) >= 11 is 6.39. The number of methoxy groups -OCH3 is 1. The van der Waals surface area contributed by atoms with Gasteiger partial charge in [0.05, 0.1) is 25.6 Å².